The first kappa shape index (κ1) is 14.1. The number of piperidine rings is 1. The predicted octanol–water partition coefficient (Wildman–Crippen LogP) is 0.794. The van der Waals surface area contributed by atoms with Crippen LogP contribution < -0.4 is 10.6 Å². The summed E-state index contributed by atoms with van der Waals surface area (Å²) in [6.07, 6.45) is 1.78. The monoisotopic (exact) mass is 293 g/mol. The number of carbonyl (C=O) groups is 1. The third kappa shape index (κ3) is 2.66. The van der Waals surface area contributed by atoms with Crippen molar-refractivity contribution in [2.24, 2.45) is 0 Å². The van der Waals surface area contributed by atoms with Crippen LogP contribution in [0.1, 0.15) is 23.3 Å². The van der Waals surface area contributed by atoms with Gasteiger partial charge in [0.25, 0.3) is 0 Å². The zero-order chi connectivity index (χ0) is 14.9. The van der Waals surface area contributed by atoms with Crippen LogP contribution >= 0.6 is 0 Å². The molecule has 0 saturated carbocycles. The number of methoxy groups -OCH3 is 1. The van der Waals surface area contributed by atoms with E-state index in [-0.39, 0.29) is 5.69 Å². The van der Waals surface area contributed by atoms with Crippen molar-refractivity contribution in [2.75, 3.05) is 44.0 Å². The van der Waals surface area contributed by atoms with E-state index in [4.69, 9.17) is 19.9 Å². The number of hydrogen-bond donors (Lipinski definition) is 1. The van der Waals surface area contributed by atoms with Gasteiger partial charge >= 0.3 is 5.97 Å². The molecule has 2 aliphatic heterocycles. The molecular formula is C14H19N3O4. The van der Waals surface area contributed by atoms with Crippen LogP contribution in [-0.2, 0) is 14.2 Å². The number of pyridine rings is 1. The normalized spacial score (nSPS) is 20.7. The Morgan fingerprint density at radius 2 is 2.19 bits per heavy atom. The number of aromatic nitrogens is 1. The lowest BCUT2D eigenvalue weighted by Crippen LogP contribution is -2.49. The molecule has 0 bridgehead atoms. The number of hydrogen-bond acceptors (Lipinski definition) is 7. The van der Waals surface area contributed by atoms with Gasteiger partial charge in [0, 0.05) is 13.0 Å². The quantitative estimate of drug-likeness (QED) is 0.807. The number of nitrogens with two attached hydrogens (primary N) is 1. The molecule has 3 rings (SSSR count). The standard InChI is InChI=1S/C14H19N3O4/c1-19-13(18)11-4-3-10(15)12(16-11)17-6-2-5-14(9-17)20-7-8-21-14/h3-4H,2,5-9,15H2,1H3. The van der Waals surface area contributed by atoms with Crippen LogP contribution in [0.2, 0.25) is 0 Å². The van der Waals surface area contributed by atoms with Crippen molar-refractivity contribution in [3.8, 4) is 0 Å². The summed E-state index contributed by atoms with van der Waals surface area (Å²) in [5, 5.41) is 0. The SMILES string of the molecule is COC(=O)c1ccc(N)c(N2CCCC3(C2)OCCO3)n1. The maximum atomic E-state index is 11.6. The second-order valence-corrected chi connectivity index (χ2v) is 5.23. The summed E-state index contributed by atoms with van der Waals surface area (Å²) in [5.41, 5.74) is 6.78. The van der Waals surface area contributed by atoms with Crippen molar-refractivity contribution < 1.29 is 19.0 Å². The second-order valence-electron chi connectivity index (χ2n) is 5.23. The molecule has 0 amide bonds. The summed E-state index contributed by atoms with van der Waals surface area (Å²) in [4.78, 5) is 18.0. The number of ether oxygens (including phenoxy) is 3. The van der Waals surface area contributed by atoms with Gasteiger partial charge in [-0.25, -0.2) is 9.78 Å². The highest BCUT2D eigenvalue weighted by Gasteiger charge is 2.41. The van der Waals surface area contributed by atoms with E-state index in [2.05, 4.69) is 4.98 Å². The number of anilines is 2. The van der Waals surface area contributed by atoms with Crippen LogP contribution in [0.4, 0.5) is 11.5 Å². The van der Waals surface area contributed by atoms with Gasteiger partial charge in [-0.05, 0) is 18.6 Å². The zero-order valence-corrected chi connectivity index (χ0v) is 12.0. The molecule has 114 valence electrons. The number of esters is 1. The maximum Gasteiger partial charge on any atom is 0.356 e. The summed E-state index contributed by atoms with van der Waals surface area (Å²) in [6.45, 7) is 2.59. The van der Waals surface area contributed by atoms with Gasteiger partial charge in [-0.1, -0.05) is 0 Å². The highest BCUT2D eigenvalue weighted by Crippen LogP contribution is 2.33. The van der Waals surface area contributed by atoms with Gasteiger partial charge in [0.2, 0.25) is 0 Å². The molecule has 0 aliphatic carbocycles. The number of nitrogens with zero attached hydrogens (tertiary/aromatic N) is 2. The lowest BCUT2D eigenvalue weighted by molar-refractivity contribution is -0.161. The summed E-state index contributed by atoms with van der Waals surface area (Å²) in [7, 11) is 1.33. The summed E-state index contributed by atoms with van der Waals surface area (Å²) in [6, 6.07) is 3.24. The molecule has 7 nitrogen and oxygen atoms in total. The molecule has 0 radical (unpaired) electrons. The van der Waals surface area contributed by atoms with E-state index in [1.807, 2.05) is 4.90 Å². The molecule has 0 atom stereocenters. The summed E-state index contributed by atoms with van der Waals surface area (Å²) >= 11 is 0. The van der Waals surface area contributed by atoms with Crippen LogP contribution in [0, 0.1) is 0 Å². The molecule has 2 fully saturated rings. The largest absolute Gasteiger partial charge is 0.464 e. The third-order valence-corrected chi connectivity index (χ3v) is 3.83. The lowest BCUT2D eigenvalue weighted by Gasteiger charge is -2.39. The van der Waals surface area contributed by atoms with E-state index in [1.165, 1.54) is 7.11 Å². The molecule has 21 heavy (non-hydrogen) atoms. The highest BCUT2D eigenvalue weighted by atomic mass is 16.7. The minimum Gasteiger partial charge on any atom is -0.464 e. The van der Waals surface area contributed by atoms with Crippen molar-refractivity contribution >= 4 is 17.5 Å². The molecular weight excluding hydrogens is 274 g/mol. The van der Waals surface area contributed by atoms with Crippen LogP contribution in [-0.4, -0.2) is 50.2 Å². The van der Waals surface area contributed by atoms with E-state index in [0.29, 0.717) is 31.3 Å². The molecule has 7 heteroatoms. The van der Waals surface area contributed by atoms with Crippen molar-refractivity contribution in [3.63, 3.8) is 0 Å². The zero-order valence-electron chi connectivity index (χ0n) is 12.0. The molecule has 0 aromatic carbocycles. The molecule has 1 aromatic heterocycles. The first-order valence-electron chi connectivity index (χ1n) is 7.01. The number of nitrogen functional groups attached to an aromatic ring is 1. The Balaban J connectivity index is 1.86. The Bertz CT molecular complexity index is 543. The average molecular weight is 293 g/mol. The summed E-state index contributed by atoms with van der Waals surface area (Å²) < 4.78 is 16.2. The Kier molecular flexibility index (Phi) is 3.69. The summed E-state index contributed by atoms with van der Waals surface area (Å²) in [5.74, 6) is -0.458. The average Bonchev–Trinajstić information content (AvgIpc) is 2.94. The number of carbonyl (C=O) groups excluding carboxylic acids is 1. The van der Waals surface area contributed by atoms with Crippen LogP contribution in [0.25, 0.3) is 0 Å². The van der Waals surface area contributed by atoms with Crippen LogP contribution in [0.15, 0.2) is 12.1 Å². The fourth-order valence-corrected chi connectivity index (χ4v) is 2.83. The maximum absolute atomic E-state index is 11.6. The lowest BCUT2D eigenvalue weighted by atomic mass is 10.0. The first-order valence-corrected chi connectivity index (χ1v) is 7.01. The van der Waals surface area contributed by atoms with Gasteiger partial charge in [-0.3, -0.25) is 0 Å². The van der Waals surface area contributed by atoms with E-state index in [1.54, 1.807) is 12.1 Å². The minimum atomic E-state index is -0.562. The van der Waals surface area contributed by atoms with E-state index in [0.717, 1.165) is 19.4 Å². The molecule has 0 unspecified atom stereocenters. The van der Waals surface area contributed by atoms with Gasteiger partial charge in [-0.15, -0.1) is 0 Å². The minimum absolute atomic E-state index is 0.245. The van der Waals surface area contributed by atoms with Crippen LogP contribution in [0.3, 0.4) is 0 Å². The molecule has 1 aromatic rings. The van der Waals surface area contributed by atoms with Crippen molar-refractivity contribution in [1.29, 1.82) is 0 Å². The van der Waals surface area contributed by atoms with Gasteiger partial charge < -0.3 is 24.8 Å². The smallest absolute Gasteiger partial charge is 0.356 e. The van der Waals surface area contributed by atoms with Gasteiger partial charge in [0.15, 0.2) is 17.3 Å². The first-order chi connectivity index (χ1) is 10.1. The Labute approximate surface area is 123 Å². The van der Waals surface area contributed by atoms with Gasteiger partial charge in [0.1, 0.15) is 0 Å². The second kappa shape index (κ2) is 5.50. The number of rotatable bonds is 2. The molecule has 2 aliphatic rings. The topological polar surface area (TPSA) is 86.9 Å². The fraction of sp³-hybridized carbons (Fsp3) is 0.571. The third-order valence-electron chi connectivity index (χ3n) is 3.83. The van der Waals surface area contributed by atoms with E-state index in [9.17, 15) is 4.79 Å². The van der Waals surface area contributed by atoms with E-state index >= 15 is 0 Å². The van der Waals surface area contributed by atoms with Gasteiger partial charge in [-0.2, -0.15) is 0 Å². The highest BCUT2D eigenvalue weighted by molar-refractivity contribution is 5.88. The van der Waals surface area contributed by atoms with E-state index < -0.39 is 11.8 Å². The predicted molar refractivity (Wildman–Crippen MR) is 76.1 cm³/mol. The van der Waals surface area contributed by atoms with Crippen molar-refractivity contribution in [3.05, 3.63) is 17.8 Å². The van der Waals surface area contributed by atoms with Gasteiger partial charge in [0.05, 0.1) is 32.6 Å². The molecule has 1 spiro atoms. The van der Waals surface area contributed by atoms with Crippen LogP contribution in [0.5, 0.6) is 0 Å². The molecule has 2 saturated heterocycles. The Morgan fingerprint density at radius 3 is 2.90 bits per heavy atom. The molecule has 3 heterocycles. The Hall–Kier alpha value is -1.86. The fourth-order valence-electron chi connectivity index (χ4n) is 2.83. The molecule has 2 N–H and O–H groups in total. The van der Waals surface area contributed by atoms with Crippen molar-refractivity contribution in [1.82, 2.24) is 4.98 Å². The van der Waals surface area contributed by atoms with Crippen molar-refractivity contribution in [2.45, 2.75) is 18.6 Å². The Morgan fingerprint density at radius 1 is 1.43 bits per heavy atom.